The molecule has 1 atom stereocenters. The number of carbonyl (C=O) groups excluding carboxylic acids is 1. The first kappa shape index (κ1) is 22.7. The average Bonchev–Trinajstić information content (AvgIpc) is 3.24. The molecule has 8 nitrogen and oxygen atoms in total. The molecule has 2 heterocycles. The van der Waals surface area contributed by atoms with E-state index in [0.717, 1.165) is 36.6 Å². The molecule has 0 aliphatic carbocycles. The molecule has 0 bridgehead atoms. The summed E-state index contributed by atoms with van der Waals surface area (Å²) in [6.45, 7) is 2.25. The van der Waals surface area contributed by atoms with Crippen LogP contribution in [0.1, 0.15) is 12.0 Å². The summed E-state index contributed by atoms with van der Waals surface area (Å²) in [5.41, 5.74) is 1.05. The quantitative estimate of drug-likeness (QED) is 0.503. The summed E-state index contributed by atoms with van der Waals surface area (Å²) < 4.78 is 5.20. The van der Waals surface area contributed by atoms with Gasteiger partial charge in [0.05, 0.1) is 25.2 Å². The Bertz CT molecular complexity index is 903. The maximum atomic E-state index is 12.0. The van der Waals surface area contributed by atoms with Crippen LogP contribution in [0.15, 0.2) is 47.6 Å². The summed E-state index contributed by atoms with van der Waals surface area (Å²) in [5, 5.41) is 7.25. The van der Waals surface area contributed by atoms with Crippen molar-refractivity contribution in [2.75, 3.05) is 45.7 Å². The average molecular weight is 445 g/mol. The third-order valence-electron chi connectivity index (χ3n) is 5.05. The van der Waals surface area contributed by atoms with Crippen LogP contribution < -0.4 is 20.3 Å². The van der Waals surface area contributed by atoms with Crippen molar-refractivity contribution in [2.24, 2.45) is 4.99 Å². The summed E-state index contributed by atoms with van der Waals surface area (Å²) in [5.74, 6) is 2.18. The molecule has 1 aliphatic rings. The van der Waals surface area contributed by atoms with Gasteiger partial charge in [0.1, 0.15) is 11.6 Å². The van der Waals surface area contributed by atoms with Crippen LogP contribution in [0, 0.1) is 0 Å². The van der Waals surface area contributed by atoms with Crippen molar-refractivity contribution in [1.82, 2.24) is 20.5 Å². The van der Waals surface area contributed by atoms with E-state index in [2.05, 4.69) is 25.5 Å². The van der Waals surface area contributed by atoms with Crippen molar-refractivity contribution in [3.05, 3.63) is 53.2 Å². The van der Waals surface area contributed by atoms with Gasteiger partial charge < -0.3 is 25.2 Å². The van der Waals surface area contributed by atoms with Gasteiger partial charge in [-0.25, -0.2) is 9.98 Å². The molecule has 2 N–H and O–H groups in total. The van der Waals surface area contributed by atoms with Crippen molar-refractivity contribution in [1.29, 1.82) is 0 Å². The van der Waals surface area contributed by atoms with Crippen LogP contribution in [0.5, 0.6) is 5.75 Å². The van der Waals surface area contributed by atoms with Crippen LogP contribution >= 0.6 is 11.6 Å². The fourth-order valence-corrected chi connectivity index (χ4v) is 3.49. The smallest absolute Gasteiger partial charge is 0.241 e. The predicted molar refractivity (Wildman–Crippen MR) is 124 cm³/mol. The van der Waals surface area contributed by atoms with Crippen LogP contribution in [-0.2, 0) is 11.3 Å². The zero-order chi connectivity index (χ0) is 22.2. The van der Waals surface area contributed by atoms with Gasteiger partial charge in [0, 0.05) is 39.4 Å². The standard InChI is InChI=1S/C22H29ClN6O2/c1-28(2)20(30)14-26-22(25-13-16-6-8-18(31-3)9-7-16)27-17-10-12-29(15-17)21-19(23)5-4-11-24-21/h4-9,11,17H,10,12-15H2,1-3H3,(H2,25,26,27). The molecule has 1 saturated heterocycles. The lowest BCUT2D eigenvalue weighted by Crippen LogP contribution is -2.47. The van der Waals surface area contributed by atoms with E-state index in [1.807, 2.05) is 36.4 Å². The highest BCUT2D eigenvalue weighted by Gasteiger charge is 2.25. The Morgan fingerprint density at radius 2 is 2.10 bits per heavy atom. The number of rotatable bonds is 7. The summed E-state index contributed by atoms with van der Waals surface area (Å²) in [6.07, 6.45) is 2.66. The molecule has 2 aromatic rings. The maximum absolute atomic E-state index is 12.0. The molecule has 166 valence electrons. The van der Waals surface area contributed by atoms with Gasteiger partial charge in [-0.15, -0.1) is 0 Å². The van der Waals surface area contributed by atoms with Crippen LogP contribution in [0.3, 0.4) is 0 Å². The third kappa shape index (κ3) is 6.49. The molecule has 3 rings (SSSR count). The van der Waals surface area contributed by atoms with Gasteiger partial charge in [-0.1, -0.05) is 23.7 Å². The first-order chi connectivity index (χ1) is 15.0. The SMILES string of the molecule is COc1ccc(CN=C(NCC(=O)N(C)C)NC2CCN(c3ncccc3Cl)C2)cc1. The predicted octanol–water partition coefficient (Wildman–Crippen LogP) is 2.15. The molecule has 9 heteroatoms. The molecule has 0 saturated carbocycles. The lowest BCUT2D eigenvalue weighted by Gasteiger charge is -2.21. The number of nitrogens with zero attached hydrogens (tertiary/aromatic N) is 4. The van der Waals surface area contributed by atoms with Gasteiger partial charge in [-0.05, 0) is 36.2 Å². The van der Waals surface area contributed by atoms with Crippen molar-refractivity contribution in [3.63, 3.8) is 0 Å². The molecule has 1 aliphatic heterocycles. The number of ether oxygens (including phenoxy) is 1. The molecular formula is C22H29ClN6O2. The Morgan fingerprint density at radius 3 is 2.77 bits per heavy atom. The van der Waals surface area contributed by atoms with Crippen LogP contribution in [0.25, 0.3) is 0 Å². The minimum Gasteiger partial charge on any atom is -0.497 e. The highest BCUT2D eigenvalue weighted by atomic mass is 35.5. The van der Waals surface area contributed by atoms with Crippen molar-refractivity contribution in [3.8, 4) is 5.75 Å². The van der Waals surface area contributed by atoms with E-state index >= 15 is 0 Å². The van der Waals surface area contributed by atoms with E-state index in [-0.39, 0.29) is 18.5 Å². The fourth-order valence-electron chi connectivity index (χ4n) is 3.25. The number of aliphatic imine (C=N–C) groups is 1. The van der Waals surface area contributed by atoms with Gasteiger partial charge in [0.15, 0.2) is 5.96 Å². The minimum atomic E-state index is -0.0211. The molecule has 31 heavy (non-hydrogen) atoms. The van der Waals surface area contributed by atoms with Crippen molar-refractivity contribution >= 4 is 29.3 Å². The highest BCUT2D eigenvalue weighted by molar-refractivity contribution is 6.32. The van der Waals surface area contributed by atoms with Gasteiger partial charge in [-0.3, -0.25) is 4.79 Å². The van der Waals surface area contributed by atoms with Crippen LogP contribution in [0.4, 0.5) is 5.82 Å². The first-order valence-corrected chi connectivity index (χ1v) is 10.6. The van der Waals surface area contributed by atoms with E-state index in [9.17, 15) is 4.79 Å². The number of pyridine rings is 1. The van der Waals surface area contributed by atoms with E-state index < -0.39 is 0 Å². The van der Waals surface area contributed by atoms with Crippen molar-refractivity contribution in [2.45, 2.75) is 19.0 Å². The number of amides is 1. The Morgan fingerprint density at radius 1 is 1.32 bits per heavy atom. The molecule has 1 aromatic heterocycles. The zero-order valence-electron chi connectivity index (χ0n) is 18.1. The highest BCUT2D eigenvalue weighted by Crippen LogP contribution is 2.25. The molecule has 1 amide bonds. The van der Waals surface area contributed by atoms with Gasteiger partial charge >= 0.3 is 0 Å². The van der Waals surface area contributed by atoms with Crippen LogP contribution in [0.2, 0.25) is 5.02 Å². The Balaban J connectivity index is 1.65. The monoisotopic (exact) mass is 444 g/mol. The summed E-state index contributed by atoms with van der Waals surface area (Å²) in [6, 6.07) is 11.6. The van der Waals surface area contributed by atoms with Crippen molar-refractivity contribution < 1.29 is 9.53 Å². The number of nitrogens with one attached hydrogen (secondary N) is 2. The fraction of sp³-hybridized carbons (Fsp3) is 0.409. The van der Waals surface area contributed by atoms with Crippen LogP contribution in [-0.4, -0.2) is 68.6 Å². The number of hydrogen-bond acceptors (Lipinski definition) is 5. The van der Waals surface area contributed by atoms with Gasteiger partial charge in [0.2, 0.25) is 5.91 Å². The number of guanidine groups is 1. The molecule has 1 fully saturated rings. The number of anilines is 1. The summed E-state index contributed by atoms with van der Waals surface area (Å²) in [7, 11) is 5.11. The maximum Gasteiger partial charge on any atom is 0.241 e. The van der Waals surface area contributed by atoms with E-state index in [1.165, 1.54) is 0 Å². The van der Waals surface area contributed by atoms with E-state index in [4.69, 9.17) is 16.3 Å². The van der Waals surface area contributed by atoms with Gasteiger partial charge in [-0.2, -0.15) is 0 Å². The minimum absolute atomic E-state index is 0.0211. The zero-order valence-corrected chi connectivity index (χ0v) is 18.9. The van der Waals surface area contributed by atoms with E-state index in [1.54, 1.807) is 32.3 Å². The number of benzene rings is 1. The number of aromatic nitrogens is 1. The third-order valence-corrected chi connectivity index (χ3v) is 5.35. The van der Waals surface area contributed by atoms with E-state index in [0.29, 0.717) is 17.5 Å². The molecule has 0 spiro atoms. The Kier molecular flexibility index (Phi) is 7.94. The summed E-state index contributed by atoms with van der Waals surface area (Å²) >= 11 is 6.30. The molecule has 1 aromatic carbocycles. The summed E-state index contributed by atoms with van der Waals surface area (Å²) in [4.78, 5) is 24.8. The Hall–Kier alpha value is -3.00. The van der Waals surface area contributed by atoms with Gasteiger partial charge in [0.25, 0.3) is 0 Å². The second kappa shape index (κ2) is 10.9. The lowest BCUT2D eigenvalue weighted by atomic mass is 10.2. The Labute approximate surface area is 188 Å². The second-order valence-corrected chi connectivity index (χ2v) is 7.95. The topological polar surface area (TPSA) is 82.1 Å². The first-order valence-electron chi connectivity index (χ1n) is 10.2. The number of carbonyl (C=O) groups is 1. The molecular weight excluding hydrogens is 416 g/mol. The normalized spacial score (nSPS) is 16.2. The molecule has 0 radical (unpaired) electrons. The number of methoxy groups -OCH3 is 1. The lowest BCUT2D eigenvalue weighted by molar-refractivity contribution is -0.127. The number of likely N-dealkylation sites (N-methyl/N-ethyl adjacent to an activating group) is 1. The number of halogens is 1. The second-order valence-electron chi connectivity index (χ2n) is 7.54. The number of hydrogen-bond donors (Lipinski definition) is 2. The largest absolute Gasteiger partial charge is 0.497 e. The molecule has 1 unspecified atom stereocenters.